The topological polar surface area (TPSA) is 65.1 Å². The average Bonchev–Trinajstić information content (AvgIpc) is 2.30. The molecule has 0 aliphatic rings. The molecule has 1 aromatic carbocycles. The molecule has 1 aromatic heterocycles. The molecule has 0 unspecified atom stereocenters. The van der Waals surface area contributed by atoms with E-state index >= 15 is 0 Å². The first-order chi connectivity index (χ1) is 8.50. The highest BCUT2D eigenvalue weighted by Crippen LogP contribution is 2.09. The van der Waals surface area contributed by atoms with Crippen LogP contribution >= 0.6 is 0 Å². The number of halogens is 1. The van der Waals surface area contributed by atoms with Gasteiger partial charge in [0.05, 0.1) is 0 Å². The molecule has 0 aliphatic heterocycles. The Kier molecular flexibility index (Phi) is 2.97. The van der Waals surface area contributed by atoms with Gasteiger partial charge in [-0.05, 0) is 42.8 Å². The molecule has 5 heteroatoms. The van der Waals surface area contributed by atoms with Gasteiger partial charge in [-0.3, -0.25) is 14.2 Å². The van der Waals surface area contributed by atoms with E-state index in [0.717, 1.165) is 0 Å². The molecule has 2 N–H and O–H groups in total. The Balaban J connectivity index is 2.67. The third kappa shape index (κ3) is 2.02. The van der Waals surface area contributed by atoms with Crippen molar-refractivity contribution in [2.75, 3.05) is 0 Å². The summed E-state index contributed by atoms with van der Waals surface area (Å²) in [6.07, 6.45) is 1.53. The smallest absolute Gasteiger partial charge is 0.268 e. The zero-order valence-corrected chi connectivity index (χ0v) is 9.68. The number of amides is 1. The molecule has 0 radical (unpaired) electrons. The van der Waals surface area contributed by atoms with Crippen LogP contribution in [0.5, 0.6) is 0 Å². The summed E-state index contributed by atoms with van der Waals surface area (Å²) < 4.78 is 14.1. The molecule has 92 valence electrons. The summed E-state index contributed by atoms with van der Waals surface area (Å²) in [7, 11) is 0. The molecule has 0 bridgehead atoms. The molecule has 0 atom stereocenters. The molecule has 0 spiro atoms. The number of hydrogen-bond acceptors (Lipinski definition) is 2. The van der Waals surface area contributed by atoms with Crippen LogP contribution in [0.2, 0.25) is 0 Å². The Bertz CT molecular complexity index is 660. The summed E-state index contributed by atoms with van der Waals surface area (Å²) in [5, 5.41) is 0. The third-order valence-electron chi connectivity index (χ3n) is 2.65. The fraction of sp³-hybridized carbons (Fsp3) is 0.0769. The second kappa shape index (κ2) is 4.44. The fourth-order valence-corrected chi connectivity index (χ4v) is 1.73. The van der Waals surface area contributed by atoms with E-state index in [1.807, 2.05) is 0 Å². The Labute approximate surface area is 102 Å². The molecular formula is C13H11FN2O2. The Morgan fingerprint density at radius 2 is 1.83 bits per heavy atom. The normalized spacial score (nSPS) is 10.3. The molecule has 0 fully saturated rings. The van der Waals surface area contributed by atoms with Gasteiger partial charge in [0.25, 0.3) is 11.5 Å². The Morgan fingerprint density at radius 1 is 1.22 bits per heavy atom. The maximum atomic E-state index is 12.8. The number of aromatic nitrogens is 1. The van der Waals surface area contributed by atoms with Crippen LogP contribution in [-0.4, -0.2) is 10.5 Å². The highest BCUT2D eigenvalue weighted by Gasteiger charge is 2.13. The summed E-state index contributed by atoms with van der Waals surface area (Å²) in [5.74, 6) is -1.16. The van der Waals surface area contributed by atoms with Crippen LogP contribution in [-0.2, 0) is 0 Å². The quantitative estimate of drug-likeness (QED) is 0.870. The van der Waals surface area contributed by atoms with Gasteiger partial charge < -0.3 is 5.73 Å². The van der Waals surface area contributed by atoms with Crippen LogP contribution in [0.3, 0.4) is 0 Å². The Morgan fingerprint density at radius 3 is 2.39 bits per heavy atom. The summed E-state index contributed by atoms with van der Waals surface area (Å²) in [6.45, 7) is 1.64. The minimum Gasteiger partial charge on any atom is -0.365 e. The zero-order chi connectivity index (χ0) is 13.3. The number of pyridine rings is 1. The molecule has 4 nitrogen and oxygen atoms in total. The number of carbonyl (C=O) groups is 1. The van der Waals surface area contributed by atoms with Gasteiger partial charge in [-0.15, -0.1) is 0 Å². The van der Waals surface area contributed by atoms with Gasteiger partial charge in [-0.1, -0.05) is 0 Å². The van der Waals surface area contributed by atoms with Crippen LogP contribution in [0.1, 0.15) is 15.9 Å². The van der Waals surface area contributed by atoms with Crippen molar-refractivity contribution >= 4 is 5.91 Å². The van der Waals surface area contributed by atoms with E-state index in [9.17, 15) is 14.0 Å². The Hall–Kier alpha value is -2.43. The maximum absolute atomic E-state index is 12.8. The number of aryl methyl sites for hydroxylation is 1. The van der Waals surface area contributed by atoms with Crippen LogP contribution in [0, 0.1) is 12.7 Å². The highest BCUT2D eigenvalue weighted by molar-refractivity contribution is 5.93. The number of rotatable bonds is 2. The van der Waals surface area contributed by atoms with Crippen molar-refractivity contribution in [1.29, 1.82) is 0 Å². The summed E-state index contributed by atoms with van der Waals surface area (Å²) in [5.41, 5.74) is 5.61. The zero-order valence-electron chi connectivity index (χ0n) is 9.68. The summed E-state index contributed by atoms with van der Waals surface area (Å²) in [4.78, 5) is 23.3. The van der Waals surface area contributed by atoms with Crippen molar-refractivity contribution in [2.24, 2.45) is 5.73 Å². The minimum atomic E-state index is -0.769. The van der Waals surface area contributed by atoms with Gasteiger partial charge in [0.1, 0.15) is 11.4 Å². The minimum absolute atomic E-state index is 0.0539. The molecule has 18 heavy (non-hydrogen) atoms. The summed E-state index contributed by atoms with van der Waals surface area (Å²) >= 11 is 0. The van der Waals surface area contributed by atoms with Crippen molar-refractivity contribution in [3.05, 3.63) is 63.8 Å². The van der Waals surface area contributed by atoms with Crippen LogP contribution < -0.4 is 11.3 Å². The first-order valence-corrected chi connectivity index (χ1v) is 5.28. The van der Waals surface area contributed by atoms with Crippen molar-refractivity contribution < 1.29 is 9.18 Å². The van der Waals surface area contributed by atoms with Crippen molar-refractivity contribution in [3.8, 4) is 5.69 Å². The molecule has 2 rings (SSSR count). The van der Waals surface area contributed by atoms with E-state index in [4.69, 9.17) is 5.73 Å². The van der Waals surface area contributed by atoms with Crippen molar-refractivity contribution in [3.63, 3.8) is 0 Å². The number of carbonyl (C=O) groups excluding carboxylic acids is 1. The molecule has 1 amide bonds. The second-order valence-electron chi connectivity index (χ2n) is 3.89. The van der Waals surface area contributed by atoms with E-state index in [-0.39, 0.29) is 5.56 Å². The second-order valence-corrected chi connectivity index (χ2v) is 3.89. The largest absolute Gasteiger partial charge is 0.365 e. The number of hydrogen-bond donors (Lipinski definition) is 1. The van der Waals surface area contributed by atoms with Gasteiger partial charge in [0.15, 0.2) is 0 Å². The first kappa shape index (κ1) is 12.0. The van der Waals surface area contributed by atoms with Crippen LogP contribution in [0.25, 0.3) is 5.69 Å². The molecular weight excluding hydrogens is 235 g/mol. The average molecular weight is 246 g/mol. The molecule has 0 saturated carbocycles. The van der Waals surface area contributed by atoms with E-state index in [0.29, 0.717) is 11.3 Å². The monoisotopic (exact) mass is 246 g/mol. The lowest BCUT2D eigenvalue weighted by atomic mass is 10.1. The van der Waals surface area contributed by atoms with E-state index in [2.05, 4.69) is 0 Å². The predicted molar refractivity (Wildman–Crippen MR) is 65.3 cm³/mol. The highest BCUT2D eigenvalue weighted by atomic mass is 19.1. The van der Waals surface area contributed by atoms with Gasteiger partial charge >= 0.3 is 0 Å². The lowest BCUT2D eigenvalue weighted by Gasteiger charge is -2.08. The molecule has 0 aliphatic carbocycles. The SMILES string of the molecule is Cc1ccn(-c2ccc(F)cc2)c(=O)c1C(N)=O. The molecule has 0 saturated heterocycles. The van der Waals surface area contributed by atoms with Crippen LogP contribution in [0.15, 0.2) is 41.3 Å². The predicted octanol–water partition coefficient (Wildman–Crippen LogP) is 1.38. The van der Waals surface area contributed by atoms with E-state index < -0.39 is 17.3 Å². The third-order valence-corrected chi connectivity index (χ3v) is 2.65. The standard InChI is InChI=1S/C13H11FN2O2/c1-8-6-7-16(13(18)11(8)12(15)17)10-4-2-9(14)3-5-10/h2-7H,1H3,(H2,15,17). The first-order valence-electron chi connectivity index (χ1n) is 5.28. The van der Waals surface area contributed by atoms with Gasteiger partial charge in [0, 0.05) is 11.9 Å². The lowest BCUT2D eigenvalue weighted by Crippen LogP contribution is -2.29. The summed E-state index contributed by atoms with van der Waals surface area (Å²) in [6, 6.07) is 7.01. The lowest BCUT2D eigenvalue weighted by molar-refractivity contribution is 0.0998. The van der Waals surface area contributed by atoms with Crippen molar-refractivity contribution in [2.45, 2.75) is 6.92 Å². The number of nitrogens with two attached hydrogens (primary N) is 1. The van der Waals surface area contributed by atoms with E-state index in [1.54, 1.807) is 13.0 Å². The van der Waals surface area contributed by atoms with Gasteiger partial charge in [0.2, 0.25) is 0 Å². The van der Waals surface area contributed by atoms with Gasteiger partial charge in [-0.2, -0.15) is 0 Å². The van der Waals surface area contributed by atoms with Gasteiger partial charge in [-0.25, -0.2) is 4.39 Å². The fourth-order valence-electron chi connectivity index (χ4n) is 1.73. The number of primary amides is 1. The van der Waals surface area contributed by atoms with Crippen molar-refractivity contribution in [1.82, 2.24) is 4.57 Å². The number of nitrogens with zero attached hydrogens (tertiary/aromatic N) is 1. The maximum Gasteiger partial charge on any atom is 0.268 e. The number of benzene rings is 1. The molecule has 1 heterocycles. The van der Waals surface area contributed by atoms with Crippen LogP contribution in [0.4, 0.5) is 4.39 Å². The van der Waals surface area contributed by atoms with E-state index in [1.165, 1.54) is 35.0 Å². The molecule has 2 aromatic rings.